The molecular formula is C14H19N3O2. The van der Waals surface area contributed by atoms with Gasteiger partial charge in [-0.15, -0.1) is 0 Å². The maximum absolute atomic E-state index is 11.9. The first-order valence-electron chi connectivity index (χ1n) is 6.41. The third kappa shape index (κ3) is 3.79. The average molecular weight is 261 g/mol. The van der Waals surface area contributed by atoms with Crippen molar-refractivity contribution >= 4 is 17.5 Å². The molecule has 0 spiro atoms. The molecule has 1 fully saturated rings. The highest BCUT2D eigenvalue weighted by Crippen LogP contribution is 2.14. The van der Waals surface area contributed by atoms with Gasteiger partial charge in [-0.3, -0.25) is 14.5 Å². The summed E-state index contributed by atoms with van der Waals surface area (Å²) in [5.74, 6) is -0.108. The third-order valence-corrected chi connectivity index (χ3v) is 3.28. The minimum atomic E-state index is -0.0852. The fourth-order valence-corrected chi connectivity index (χ4v) is 2.05. The van der Waals surface area contributed by atoms with Gasteiger partial charge in [-0.05, 0) is 37.1 Å². The summed E-state index contributed by atoms with van der Waals surface area (Å²) in [6, 6.07) is 5.83. The number of rotatable bonds is 3. The summed E-state index contributed by atoms with van der Waals surface area (Å²) >= 11 is 0. The maximum atomic E-state index is 11.9. The summed E-state index contributed by atoms with van der Waals surface area (Å²) < 4.78 is 0. The van der Waals surface area contributed by atoms with Gasteiger partial charge in [0.2, 0.25) is 11.8 Å². The van der Waals surface area contributed by atoms with E-state index in [0.717, 1.165) is 11.3 Å². The van der Waals surface area contributed by atoms with Gasteiger partial charge in [-0.2, -0.15) is 0 Å². The zero-order valence-corrected chi connectivity index (χ0v) is 11.3. The summed E-state index contributed by atoms with van der Waals surface area (Å²) in [6.45, 7) is 5.91. The van der Waals surface area contributed by atoms with Crippen LogP contribution in [0.25, 0.3) is 0 Å². The Morgan fingerprint density at radius 3 is 2.84 bits per heavy atom. The van der Waals surface area contributed by atoms with Crippen molar-refractivity contribution in [3.05, 3.63) is 29.3 Å². The zero-order chi connectivity index (χ0) is 13.8. The highest BCUT2D eigenvalue weighted by atomic mass is 16.2. The SMILES string of the molecule is Cc1ccc(NC(=O)CN2CCNC(=O)C2)cc1C. The van der Waals surface area contributed by atoms with E-state index in [-0.39, 0.29) is 18.4 Å². The quantitative estimate of drug-likeness (QED) is 0.841. The lowest BCUT2D eigenvalue weighted by molar-refractivity contribution is -0.125. The highest BCUT2D eigenvalue weighted by Gasteiger charge is 2.18. The van der Waals surface area contributed by atoms with Gasteiger partial charge in [-0.1, -0.05) is 6.07 Å². The molecule has 1 aromatic carbocycles. The molecule has 0 aliphatic carbocycles. The Hall–Kier alpha value is -1.88. The molecule has 1 aliphatic rings. The molecule has 102 valence electrons. The van der Waals surface area contributed by atoms with Crippen molar-refractivity contribution in [3.8, 4) is 0 Å². The molecule has 1 heterocycles. The van der Waals surface area contributed by atoms with Crippen LogP contribution in [0.2, 0.25) is 0 Å². The van der Waals surface area contributed by atoms with E-state index in [1.54, 1.807) is 0 Å². The molecule has 5 heteroatoms. The molecule has 2 rings (SSSR count). The number of nitrogens with one attached hydrogen (secondary N) is 2. The van der Waals surface area contributed by atoms with Gasteiger partial charge < -0.3 is 10.6 Å². The van der Waals surface area contributed by atoms with Gasteiger partial charge in [0.25, 0.3) is 0 Å². The molecule has 0 aromatic heterocycles. The van der Waals surface area contributed by atoms with Gasteiger partial charge in [0, 0.05) is 18.8 Å². The van der Waals surface area contributed by atoms with Crippen molar-refractivity contribution in [2.45, 2.75) is 13.8 Å². The number of piperazine rings is 1. The van der Waals surface area contributed by atoms with E-state index < -0.39 is 0 Å². The molecule has 1 aromatic rings. The molecule has 19 heavy (non-hydrogen) atoms. The third-order valence-electron chi connectivity index (χ3n) is 3.28. The van der Waals surface area contributed by atoms with Gasteiger partial charge in [0.05, 0.1) is 13.1 Å². The summed E-state index contributed by atoms with van der Waals surface area (Å²) in [6.07, 6.45) is 0. The molecule has 0 radical (unpaired) electrons. The smallest absolute Gasteiger partial charge is 0.238 e. The second-order valence-electron chi connectivity index (χ2n) is 4.91. The van der Waals surface area contributed by atoms with Gasteiger partial charge in [0.15, 0.2) is 0 Å². The van der Waals surface area contributed by atoms with Crippen molar-refractivity contribution in [1.82, 2.24) is 10.2 Å². The zero-order valence-electron chi connectivity index (χ0n) is 11.3. The molecule has 2 N–H and O–H groups in total. The molecule has 1 saturated heterocycles. The van der Waals surface area contributed by atoms with Gasteiger partial charge in [0.1, 0.15) is 0 Å². The average Bonchev–Trinajstić information content (AvgIpc) is 2.34. The number of carbonyl (C=O) groups is 2. The first-order valence-corrected chi connectivity index (χ1v) is 6.41. The lowest BCUT2D eigenvalue weighted by Crippen LogP contribution is -2.49. The van der Waals surface area contributed by atoms with Crippen LogP contribution in [0.5, 0.6) is 0 Å². The Labute approximate surface area is 113 Å². The van der Waals surface area contributed by atoms with Crippen LogP contribution in [-0.4, -0.2) is 42.9 Å². The number of aryl methyl sites for hydroxylation is 2. The predicted molar refractivity (Wildman–Crippen MR) is 74.0 cm³/mol. The van der Waals surface area contributed by atoms with Gasteiger partial charge >= 0.3 is 0 Å². The topological polar surface area (TPSA) is 61.4 Å². The van der Waals surface area contributed by atoms with Crippen molar-refractivity contribution in [1.29, 1.82) is 0 Å². The predicted octanol–water partition coefficient (Wildman–Crippen LogP) is 0.674. The van der Waals surface area contributed by atoms with Crippen LogP contribution >= 0.6 is 0 Å². The fourth-order valence-electron chi connectivity index (χ4n) is 2.05. The standard InChI is InChI=1S/C14H19N3O2/c1-10-3-4-12(7-11(10)2)16-14(19)9-17-6-5-15-13(18)8-17/h3-4,7H,5-6,8-9H2,1-2H3,(H,15,18)(H,16,19). The summed E-state index contributed by atoms with van der Waals surface area (Å²) in [4.78, 5) is 25.0. The Bertz CT molecular complexity index is 499. The first kappa shape index (κ1) is 13.5. The van der Waals surface area contributed by atoms with E-state index in [1.165, 1.54) is 5.56 Å². The largest absolute Gasteiger partial charge is 0.354 e. The van der Waals surface area contributed by atoms with Crippen LogP contribution in [0.15, 0.2) is 18.2 Å². The molecule has 0 atom stereocenters. The molecule has 0 unspecified atom stereocenters. The molecule has 0 bridgehead atoms. The maximum Gasteiger partial charge on any atom is 0.238 e. The van der Waals surface area contributed by atoms with Crippen molar-refractivity contribution in [2.24, 2.45) is 0 Å². The second-order valence-corrected chi connectivity index (χ2v) is 4.91. The van der Waals surface area contributed by atoms with Crippen LogP contribution in [0.4, 0.5) is 5.69 Å². The summed E-state index contributed by atoms with van der Waals surface area (Å²) in [7, 11) is 0. The normalized spacial score (nSPS) is 16.0. The molecular weight excluding hydrogens is 242 g/mol. The van der Waals surface area contributed by atoms with Crippen LogP contribution < -0.4 is 10.6 Å². The van der Waals surface area contributed by atoms with E-state index in [9.17, 15) is 9.59 Å². The van der Waals surface area contributed by atoms with E-state index in [2.05, 4.69) is 10.6 Å². The number of benzene rings is 1. The second kappa shape index (κ2) is 5.84. The lowest BCUT2D eigenvalue weighted by atomic mass is 10.1. The number of carbonyl (C=O) groups excluding carboxylic acids is 2. The van der Waals surface area contributed by atoms with Gasteiger partial charge in [-0.25, -0.2) is 0 Å². The Balaban J connectivity index is 1.90. The Morgan fingerprint density at radius 2 is 2.16 bits per heavy atom. The minimum absolute atomic E-state index is 0.0229. The minimum Gasteiger partial charge on any atom is -0.354 e. The number of hydrogen-bond donors (Lipinski definition) is 2. The molecule has 5 nitrogen and oxygen atoms in total. The first-order chi connectivity index (χ1) is 9.04. The van der Waals surface area contributed by atoms with E-state index in [4.69, 9.17) is 0 Å². The lowest BCUT2D eigenvalue weighted by Gasteiger charge is -2.25. The highest BCUT2D eigenvalue weighted by molar-refractivity contribution is 5.92. The number of hydrogen-bond acceptors (Lipinski definition) is 3. The van der Waals surface area contributed by atoms with E-state index in [0.29, 0.717) is 19.6 Å². The monoisotopic (exact) mass is 261 g/mol. The van der Waals surface area contributed by atoms with E-state index >= 15 is 0 Å². The van der Waals surface area contributed by atoms with Crippen molar-refractivity contribution in [2.75, 3.05) is 31.5 Å². The Morgan fingerprint density at radius 1 is 1.37 bits per heavy atom. The van der Waals surface area contributed by atoms with Crippen molar-refractivity contribution < 1.29 is 9.59 Å². The van der Waals surface area contributed by atoms with Crippen LogP contribution in [0.3, 0.4) is 0 Å². The molecule has 0 saturated carbocycles. The molecule has 1 aliphatic heterocycles. The van der Waals surface area contributed by atoms with Crippen molar-refractivity contribution in [3.63, 3.8) is 0 Å². The fraction of sp³-hybridized carbons (Fsp3) is 0.429. The van der Waals surface area contributed by atoms with Crippen LogP contribution in [0.1, 0.15) is 11.1 Å². The Kier molecular flexibility index (Phi) is 4.16. The summed E-state index contributed by atoms with van der Waals surface area (Å²) in [5.41, 5.74) is 3.15. The molecule has 2 amide bonds. The van der Waals surface area contributed by atoms with Crippen LogP contribution in [0, 0.1) is 13.8 Å². The number of nitrogens with zero attached hydrogens (tertiary/aromatic N) is 1. The van der Waals surface area contributed by atoms with Crippen LogP contribution in [-0.2, 0) is 9.59 Å². The number of amides is 2. The summed E-state index contributed by atoms with van der Waals surface area (Å²) in [5, 5.41) is 5.60. The number of anilines is 1. The van der Waals surface area contributed by atoms with E-state index in [1.807, 2.05) is 36.9 Å².